The van der Waals surface area contributed by atoms with Gasteiger partial charge in [0.2, 0.25) is 0 Å². The van der Waals surface area contributed by atoms with Gasteiger partial charge >= 0.3 is 0 Å². The number of carbonyl (C=O) groups excluding carboxylic acids is 1. The van der Waals surface area contributed by atoms with Gasteiger partial charge in [-0.05, 0) is 42.9 Å². The molecule has 2 aromatic rings. The van der Waals surface area contributed by atoms with Crippen LogP contribution in [0.15, 0.2) is 29.1 Å². The monoisotopic (exact) mass is 372 g/mol. The standard InChI is InChI=1S/C21H28N2O2S/c1-4-5-6-16-7-8-17(10-20(16)25-3)21(24)23-12-15(2)9-19(23)11-18-13-26-14-22-18/h7-8,10,13-15,19H,4-6,9,11-12H2,1-3H3. The first-order valence-electron chi connectivity index (χ1n) is 9.47. The highest BCUT2D eigenvalue weighted by Gasteiger charge is 2.34. The van der Waals surface area contributed by atoms with Crippen molar-refractivity contribution in [2.45, 2.75) is 52.0 Å². The predicted molar refractivity (Wildman–Crippen MR) is 106 cm³/mol. The second kappa shape index (κ2) is 8.67. The molecule has 26 heavy (non-hydrogen) atoms. The molecule has 0 saturated carbocycles. The molecule has 1 aliphatic rings. The van der Waals surface area contributed by atoms with Crippen LogP contribution in [0, 0.1) is 5.92 Å². The van der Waals surface area contributed by atoms with Gasteiger partial charge in [-0.15, -0.1) is 11.3 Å². The maximum absolute atomic E-state index is 13.2. The van der Waals surface area contributed by atoms with Gasteiger partial charge in [0.25, 0.3) is 5.91 Å². The molecule has 0 aliphatic carbocycles. The minimum Gasteiger partial charge on any atom is -0.496 e. The number of ether oxygens (including phenoxy) is 1. The molecule has 2 heterocycles. The van der Waals surface area contributed by atoms with E-state index in [0.29, 0.717) is 5.92 Å². The lowest BCUT2D eigenvalue weighted by atomic mass is 10.0. The Labute approximate surface area is 160 Å². The van der Waals surface area contributed by atoms with Gasteiger partial charge < -0.3 is 9.64 Å². The normalized spacial score (nSPS) is 19.7. The average Bonchev–Trinajstić information content (AvgIpc) is 3.29. The first kappa shape index (κ1) is 18.9. The van der Waals surface area contributed by atoms with Crippen molar-refractivity contribution in [2.24, 2.45) is 5.92 Å². The summed E-state index contributed by atoms with van der Waals surface area (Å²) in [6.07, 6.45) is 5.14. The molecular weight excluding hydrogens is 344 g/mol. The number of likely N-dealkylation sites (tertiary alicyclic amines) is 1. The molecule has 140 valence electrons. The number of aromatic nitrogens is 1. The van der Waals surface area contributed by atoms with E-state index in [0.717, 1.165) is 55.7 Å². The van der Waals surface area contributed by atoms with Gasteiger partial charge in [0.05, 0.1) is 18.3 Å². The van der Waals surface area contributed by atoms with Crippen molar-refractivity contribution in [3.63, 3.8) is 0 Å². The van der Waals surface area contributed by atoms with Crippen molar-refractivity contribution in [1.82, 2.24) is 9.88 Å². The smallest absolute Gasteiger partial charge is 0.254 e. The number of thiazole rings is 1. The summed E-state index contributed by atoms with van der Waals surface area (Å²) in [4.78, 5) is 19.6. The van der Waals surface area contributed by atoms with Crippen LogP contribution in [0.2, 0.25) is 0 Å². The SMILES string of the molecule is CCCCc1ccc(C(=O)N2CC(C)CC2Cc2cscn2)cc1OC. The molecule has 1 saturated heterocycles. The molecule has 0 N–H and O–H groups in total. The molecule has 5 heteroatoms. The Kier molecular flexibility index (Phi) is 6.30. The Morgan fingerprint density at radius 2 is 2.27 bits per heavy atom. The summed E-state index contributed by atoms with van der Waals surface area (Å²) >= 11 is 1.61. The second-order valence-corrected chi connectivity index (χ2v) is 7.98. The molecular formula is C21H28N2O2S. The van der Waals surface area contributed by atoms with Gasteiger partial charge in [0.15, 0.2) is 0 Å². The summed E-state index contributed by atoms with van der Waals surface area (Å²) in [5.74, 6) is 1.45. The van der Waals surface area contributed by atoms with E-state index in [1.54, 1.807) is 18.4 Å². The zero-order valence-corrected chi connectivity index (χ0v) is 16.7. The van der Waals surface area contributed by atoms with Crippen molar-refractivity contribution in [2.75, 3.05) is 13.7 Å². The summed E-state index contributed by atoms with van der Waals surface area (Å²) < 4.78 is 5.55. The van der Waals surface area contributed by atoms with E-state index < -0.39 is 0 Å². The first-order chi connectivity index (χ1) is 12.6. The molecule has 1 amide bonds. The Morgan fingerprint density at radius 1 is 1.42 bits per heavy atom. The number of rotatable bonds is 7. The van der Waals surface area contributed by atoms with Crippen LogP contribution in [-0.2, 0) is 12.8 Å². The van der Waals surface area contributed by atoms with Crippen LogP contribution in [0.1, 0.15) is 54.7 Å². The van der Waals surface area contributed by atoms with E-state index in [1.807, 2.05) is 22.5 Å². The van der Waals surface area contributed by atoms with Gasteiger partial charge in [0, 0.05) is 30.0 Å². The lowest BCUT2D eigenvalue weighted by Gasteiger charge is -2.24. The topological polar surface area (TPSA) is 42.4 Å². The number of hydrogen-bond donors (Lipinski definition) is 0. The number of unbranched alkanes of at least 4 members (excludes halogenated alkanes) is 1. The third kappa shape index (κ3) is 4.26. The fourth-order valence-corrected chi connectivity index (χ4v) is 4.36. The number of carbonyl (C=O) groups is 1. The summed E-state index contributed by atoms with van der Waals surface area (Å²) in [5, 5.41) is 2.08. The van der Waals surface area contributed by atoms with E-state index in [1.165, 1.54) is 5.56 Å². The molecule has 0 bridgehead atoms. The van der Waals surface area contributed by atoms with Gasteiger partial charge in [-0.1, -0.05) is 26.3 Å². The summed E-state index contributed by atoms with van der Waals surface area (Å²) in [6.45, 7) is 5.21. The average molecular weight is 373 g/mol. The number of nitrogens with zero attached hydrogens (tertiary/aromatic N) is 2. The van der Waals surface area contributed by atoms with Crippen molar-refractivity contribution in [1.29, 1.82) is 0 Å². The number of methoxy groups -OCH3 is 1. The van der Waals surface area contributed by atoms with Crippen molar-refractivity contribution < 1.29 is 9.53 Å². The zero-order chi connectivity index (χ0) is 18.5. The molecule has 1 aromatic carbocycles. The molecule has 0 spiro atoms. The van der Waals surface area contributed by atoms with Gasteiger partial charge in [-0.2, -0.15) is 0 Å². The molecule has 1 aromatic heterocycles. The fourth-order valence-electron chi connectivity index (χ4n) is 3.79. The lowest BCUT2D eigenvalue weighted by Crippen LogP contribution is -2.37. The Hall–Kier alpha value is -1.88. The van der Waals surface area contributed by atoms with Gasteiger partial charge in [-0.3, -0.25) is 4.79 Å². The van der Waals surface area contributed by atoms with Crippen molar-refractivity contribution in [3.8, 4) is 5.75 Å². The van der Waals surface area contributed by atoms with Crippen molar-refractivity contribution in [3.05, 3.63) is 45.9 Å². The van der Waals surface area contributed by atoms with E-state index in [4.69, 9.17) is 4.74 Å². The molecule has 1 fully saturated rings. The van der Waals surface area contributed by atoms with Crippen LogP contribution in [0.25, 0.3) is 0 Å². The third-order valence-electron chi connectivity index (χ3n) is 5.15. The summed E-state index contributed by atoms with van der Waals surface area (Å²) in [7, 11) is 1.68. The van der Waals surface area contributed by atoms with Crippen LogP contribution >= 0.6 is 11.3 Å². The maximum atomic E-state index is 13.2. The maximum Gasteiger partial charge on any atom is 0.254 e. The number of amides is 1. The first-order valence-corrected chi connectivity index (χ1v) is 10.4. The van der Waals surface area contributed by atoms with Gasteiger partial charge in [-0.25, -0.2) is 4.98 Å². The largest absolute Gasteiger partial charge is 0.496 e. The molecule has 0 radical (unpaired) electrons. The van der Waals surface area contributed by atoms with E-state index >= 15 is 0 Å². The van der Waals surface area contributed by atoms with Crippen LogP contribution in [0.5, 0.6) is 5.75 Å². The van der Waals surface area contributed by atoms with Gasteiger partial charge in [0.1, 0.15) is 5.75 Å². The number of hydrogen-bond acceptors (Lipinski definition) is 4. The van der Waals surface area contributed by atoms with Crippen LogP contribution in [-0.4, -0.2) is 35.5 Å². The van der Waals surface area contributed by atoms with Crippen molar-refractivity contribution >= 4 is 17.2 Å². The Bertz CT molecular complexity index is 730. The fraction of sp³-hybridized carbons (Fsp3) is 0.524. The number of aryl methyl sites for hydroxylation is 1. The highest BCUT2D eigenvalue weighted by Crippen LogP contribution is 2.29. The van der Waals surface area contributed by atoms with Crippen LogP contribution < -0.4 is 4.74 Å². The molecule has 3 rings (SSSR count). The Balaban J connectivity index is 1.78. The molecule has 2 atom stereocenters. The third-order valence-corrected chi connectivity index (χ3v) is 5.78. The van der Waals surface area contributed by atoms with Crippen LogP contribution in [0.3, 0.4) is 0 Å². The van der Waals surface area contributed by atoms with E-state index in [2.05, 4.69) is 30.3 Å². The molecule has 1 aliphatic heterocycles. The summed E-state index contributed by atoms with van der Waals surface area (Å²) in [5.41, 5.74) is 4.85. The Morgan fingerprint density at radius 3 is 2.96 bits per heavy atom. The quantitative estimate of drug-likeness (QED) is 0.714. The lowest BCUT2D eigenvalue weighted by molar-refractivity contribution is 0.0732. The zero-order valence-electron chi connectivity index (χ0n) is 15.9. The second-order valence-electron chi connectivity index (χ2n) is 7.27. The predicted octanol–water partition coefficient (Wildman–Crippen LogP) is 4.59. The molecule has 4 nitrogen and oxygen atoms in total. The minimum atomic E-state index is 0.106. The minimum absolute atomic E-state index is 0.106. The van der Waals surface area contributed by atoms with E-state index in [9.17, 15) is 4.79 Å². The van der Waals surface area contributed by atoms with E-state index in [-0.39, 0.29) is 11.9 Å². The molecule has 2 unspecified atom stereocenters. The number of benzene rings is 1. The van der Waals surface area contributed by atoms with Crippen LogP contribution in [0.4, 0.5) is 0 Å². The highest BCUT2D eigenvalue weighted by atomic mass is 32.1. The summed E-state index contributed by atoms with van der Waals surface area (Å²) in [6, 6.07) is 6.15. The highest BCUT2D eigenvalue weighted by molar-refractivity contribution is 7.07.